The van der Waals surface area contributed by atoms with Gasteiger partial charge in [-0.25, -0.2) is 0 Å². The van der Waals surface area contributed by atoms with Crippen molar-refractivity contribution < 1.29 is 5.11 Å². The van der Waals surface area contributed by atoms with Gasteiger partial charge < -0.3 is 10.4 Å². The van der Waals surface area contributed by atoms with Crippen LogP contribution >= 0.6 is 11.8 Å². The van der Waals surface area contributed by atoms with Gasteiger partial charge in [-0.15, -0.1) is 11.8 Å². The van der Waals surface area contributed by atoms with Crippen LogP contribution in [0.4, 0.5) is 0 Å². The fourth-order valence-electron chi connectivity index (χ4n) is 2.77. The summed E-state index contributed by atoms with van der Waals surface area (Å²) in [5, 5.41) is 14.0. The highest BCUT2D eigenvalue weighted by molar-refractivity contribution is 7.98. The van der Waals surface area contributed by atoms with Crippen LogP contribution in [-0.2, 0) is 6.42 Å². The van der Waals surface area contributed by atoms with Crippen molar-refractivity contribution in [1.29, 1.82) is 0 Å². The molecule has 0 aromatic heterocycles. The van der Waals surface area contributed by atoms with E-state index in [1.165, 1.54) is 16.0 Å². The molecule has 0 amide bonds. The van der Waals surface area contributed by atoms with Crippen LogP contribution in [0.1, 0.15) is 36.6 Å². The summed E-state index contributed by atoms with van der Waals surface area (Å²) in [6.45, 7) is 7.00. The van der Waals surface area contributed by atoms with Gasteiger partial charge in [0, 0.05) is 17.0 Å². The molecule has 0 saturated carbocycles. The van der Waals surface area contributed by atoms with Gasteiger partial charge in [-0.3, -0.25) is 0 Å². The van der Waals surface area contributed by atoms with Crippen LogP contribution in [0.15, 0.2) is 53.4 Å². The Balaban J connectivity index is 1.95. The summed E-state index contributed by atoms with van der Waals surface area (Å²) in [4.78, 5) is 1.26. The molecule has 3 heteroatoms. The summed E-state index contributed by atoms with van der Waals surface area (Å²) in [7, 11) is 0. The number of aliphatic hydroxyl groups excluding tert-OH is 1. The van der Waals surface area contributed by atoms with E-state index in [1.807, 2.05) is 12.1 Å². The molecule has 2 aromatic rings. The van der Waals surface area contributed by atoms with E-state index in [4.69, 9.17) is 0 Å². The summed E-state index contributed by atoms with van der Waals surface area (Å²) in [5.41, 5.74) is 3.44. The standard InChI is InChI=1S/C20H27NOS/c1-15-12-17(10-11-19(15)23-4)18(22)14-21-20(2,3)13-16-8-6-5-7-9-16/h5-12,18,21-22H,13-14H2,1-4H3. The average Bonchev–Trinajstić information content (AvgIpc) is 2.53. The van der Waals surface area contributed by atoms with Crippen molar-refractivity contribution in [3.8, 4) is 0 Å². The number of β-amino-alcohol motifs (C(OH)–C–C–N with tert-alkyl or cyclic N) is 1. The zero-order chi connectivity index (χ0) is 16.9. The van der Waals surface area contributed by atoms with Crippen molar-refractivity contribution in [1.82, 2.24) is 5.32 Å². The second-order valence-electron chi connectivity index (χ2n) is 6.67. The second-order valence-corrected chi connectivity index (χ2v) is 7.52. The Morgan fingerprint density at radius 2 is 1.83 bits per heavy atom. The van der Waals surface area contributed by atoms with E-state index >= 15 is 0 Å². The topological polar surface area (TPSA) is 32.3 Å². The van der Waals surface area contributed by atoms with Gasteiger partial charge in [-0.1, -0.05) is 42.5 Å². The molecule has 1 unspecified atom stereocenters. The van der Waals surface area contributed by atoms with Gasteiger partial charge in [0.15, 0.2) is 0 Å². The number of nitrogens with one attached hydrogen (secondary N) is 1. The van der Waals surface area contributed by atoms with Crippen molar-refractivity contribution in [3.05, 3.63) is 65.2 Å². The van der Waals surface area contributed by atoms with E-state index < -0.39 is 6.10 Å². The lowest BCUT2D eigenvalue weighted by molar-refractivity contribution is 0.160. The van der Waals surface area contributed by atoms with Gasteiger partial charge in [-0.2, -0.15) is 0 Å². The van der Waals surface area contributed by atoms with Gasteiger partial charge in [0.25, 0.3) is 0 Å². The van der Waals surface area contributed by atoms with Crippen LogP contribution in [0, 0.1) is 6.92 Å². The molecule has 0 aliphatic heterocycles. The summed E-state index contributed by atoms with van der Waals surface area (Å²) in [6, 6.07) is 16.7. The number of hydrogen-bond acceptors (Lipinski definition) is 3. The van der Waals surface area contributed by atoms with E-state index in [-0.39, 0.29) is 5.54 Å². The predicted octanol–water partition coefficient (Wildman–Crippen LogP) is 4.36. The number of rotatable bonds is 7. The maximum Gasteiger partial charge on any atom is 0.0914 e. The van der Waals surface area contributed by atoms with Gasteiger partial charge in [0.05, 0.1) is 6.10 Å². The first-order valence-corrected chi connectivity index (χ1v) is 9.25. The largest absolute Gasteiger partial charge is 0.387 e. The third kappa shape index (κ3) is 5.38. The van der Waals surface area contributed by atoms with Gasteiger partial charge in [-0.05, 0) is 56.2 Å². The molecule has 0 bridgehead atoms. The smallest absolute Gasteiger partial charge is 0.0914 e. The molecule has 0 radical (unpaired) electrons. The van der Waals surface area contributed by atoms with Crippen molar-refractivity contribution in [3.63, 3.8) is 0 Å². The Labute approximate surface area is 144 Å². The summed E-state index contributed by atoms with van der Waals surface area (Å²) < 4.78 is 0. The molecule has 124 valence electrons. The third-order valence-corrected chi connectivity index (χ3v) is 4.96. The van der Waals surface area contributed by atoms with E-state index in [0.29, 0.717) is 6.54 Å². The fourth-order valence-corrected chi connectivity index (χ4v) is 3.35. The first kappa shape index (κ1) is 18.1. The van der Waals surface area contributed by atoms with Crippen molar-refractivity contribution >= 4 is 11.8 Å². The Morgan fingerprint density at radius 1 is 1.13 bits per heavy atom. The SMILES string of the molecule is CSc1ccc(C(O)CNC(C)(C)Cc2ccccc2)cc1C. The average molecular weight is 330 g/mol. The second kappa shape index (κ2) is 8.00. The third-order valence-electron chi connectivity index (χ3n) is 4.07. The van der Waals surface area contributed by atoms with E-state index in [0.717, 1.165) is 12.0 Å². The van der Waals surface area contributed by atoms with Crippen molar-refractivity contribution in [2.45, 2.75) is 43.7 Å². The van der Waals surface area contributed by atoms with E-state index in [1.54, 1.807) is 11.8 Å². The number of benzene rings is 2. The van der Waals surface area contributed by atoms with Crippen LogP contribution < -0.4 is 5.32 Å². The molecule has 1 atom stereocenters. The van der Waals surface area contributed by atoms with Crippen LogP contribution in [0.25, 0.3) is 0 Å². The quantitative estimate of drug-likeness (QED) is 0.740. The molecular formula is C20H27NOS. The zero-order valence-electron chi connectivity index (χ0n) is 14.5. The maximum absolute atomic E-state index is 10.5. The Bertz CT molecular complexity index is 625. The summed E-state index contributed by atoms with van der Waals surface area (Å²) >= 11 is 1.74. The highest BCUT2D eigenvalue weighted by atomic mass is 32.2. The number of aliphatic hydroxyl groups is 1. The molecular weight excluding hydrogens is 302 g/mol. The van der Waals surface area contributed by atoms with Crippen molar-refractivity contribution in [2.24, 2.45) is 0 Å². The molecule has 0 aliphatic carbocycles. The molecule has 23 heavy (non-hydrogen) atoms. The molecule has 0 aliphatic rings. The number of thioether (sulfide) groups is 1. The Kier molecular flexibility index (Phi) is 6.28. The number of hydrogen-bond donors (Lipinski definition) is 2. The lowest BCUT2D eigenvalue weighted by atomic mass is 9.94. The summed E-state index contributed by atoms with van der Waals surface area (Å²) in [5.74, 6) is 0. The molecule has 0 spiro atoms. The monoisotopic (exact) mass is 329 g/mol. The lowest BCUT2D eigenvalue weighted by Crippen LogP contribution is -2.43. The molecule has 2 aromatic carbocycles. The van der Waals surface area contributed by atoms with Crippen LogP contribution in [-0.4, -0.2) is 23.4 Å². The normalized spacial score (nSPS) is 13.1. The minimum absolute atomic E-state index is 0.0589. The highest BCUT2D eigenvalue weighted by Gasteiger charge is 2.19. The zero-order valence-corrected chi connectivity index (χ0v) is 15.3. The summed E-state index contributed by atoms with van der Waals surface area (Å²) in [6.07, 6.45) is 2.52. The molecule has 2 N–H and O–H groups in total. The van der Waals surface area contributed by atoms with E-state index in [2.05, 4.69) is 68.7 Å². The minimum Gasteiger partial charge on any atom is -0.387 e. The molecule has 0 heterocycles. The van der Waals surface area contributed by atoms with Crippen LogP contribution in [0.3, 0.4) is 0 Å². The minimum atomic E-state index is -0.486. The Hall–Kier alpha value is -1.29. The molecule has 0 saturated heterocycles. The highest BCUT2D eigenvalue weighted by Crippen LogP contribution is 2.24. The Morgan fingerprint density at radius 3 is 2.43 bits per heavy atom. The first-order chi connectivity index (χ1) is 10.9. The van der Waals surface area contributed by atoms with Gasteiger partial charge >= 0.3 is 0 Å². The van der Waals surface area contributed by atoms with Gasteiger partial charge in [0.2, 0.25) is 0 Å². The molecule has 0 fully saturated rings. The lowest BCUT2D eigenvalue weighted by Gasteiger charge is -2.28. The maximum atomic E-state index is 10.5. The fraction of sp³-hybridized carbons (Fsp3) is 0.400. The van der Waals surface area contributed by atoms with Crippen molar-refractivity contribution in [2.75, 3.05) is 12.8 Å². The van der Waals surface area contributed by atoms with Crippen LogP contribution in [0.2, 0.25) is 0 Å². The number of aryl methyl sites for hydroxylation is 1. The first-order valence-electron chi connectivity index (χ1n) is 8.03. The van der Waals surface area contributed by atoms with Gasteiger partial charge in [0.1, 0.15) is 0 Å². The molecule has 2 rings (SSSR count). The van der Waals surface area contributed by atoms with E-state index in [9.17, 15) is 5.11 Å². The molecule has 2 nitrogen and oxygen atoms in total. The van der Waals surface area contributed by atoms with Crippen LogP contribution in [0.5, 0.6) is 0 Å². The predicted molar refractivity (Wildman–Crippen MR) is 100 cm³/mol.